The van der Waals surface area contributed by atoms with Crippen LogP contribution < -0.4 is 0 Å². The highest BCUT2D eigenvalue weighted by Crippen LogP contribution is 2.23. The van der Waals surface area contributed by atoms with Crippen molar-refractivity contribution in [2.45, 2.75) is 39.0 Å². The van der Waals surface area contributed by atoms with Gasteiger partial charge in [-0.05, 0) is 32.2 Å². The summed E-state index contributed by atoms with van der Waals surface area (Å²) in [6.45, 7) is 8.75. The summed E-state index contributed by atoms with van der Waals surface area (Å²) in [4.78, 5) is 6.77. The van der Waals surface area contributed by atoms with Crippen LogP contribution in [0.3, 0.4) is 0 Å². The zero-order chi connectivity index (χ0) is 14.2. The van der Waals surface area contributed by atoms with E-state index in [9.17, 15) is 0 Å². The second-order valence-electron chi connectivity index (χ2n) is 5.88. The van der Waals surface area contributed by atoms with Crippen molar-refractivity contribution in [2.24, 2.45) is 0 Å². The van der Waals surface area contributed by atoms with Crippen molar-refractivity contribution < 1.29 is 9.26 Å². The predicted molar refractivity (Wildman–Crippen MR) is 77.5 cm³/mol. The first kappa shape index (κ1) is 13.7. The quantitative estimate of drug-likeness (QED) is 0.871. The van der Waals surface area contributed by atoms with E-state index in [0.29, 0.717) is 18.3 Å². The number of thiophene rings is 1. The van der Waals surface area contributed by atoms with E-state index >= 15 is 0 Å². The molecule has 6 heteroatoms. The number of ether oxygens (including phenoxy) is 1. The van der Waals surface area contributed by atoms with E-state index < -0.39 is 0 Å². The van der Waals surface area contributed by atoms with Crippen LogP contribution in [0, 0.1) is 0 Å². The summed E-state index contributed by atoms with van der Waals surface area (Å²) in [5.74, 6) is 1.33. The first-order valence-electron chi connectivity index (χ1n) is 6.77. The Labute approximate surface area is 122 Å². The molecule has 0 spiro atoms. The second-order valence-corrected chi connectivity index (χ2v) is 6.66. The SMILES string of the molecule is C[C@H]1CN(Cc2nc(-c3ccsc3)no2)CC(C)(C)O1. The van der Waals surface area contributed by atoms with Gasteiger partial charge in [-0.3, -0.25) is 4.90 Å². The molecule has 0 aromatic carbocycles. The first-order valence-corrected chi connectivity index (χ1v) is 7.71. The molecule has 5 nitrogen and oxygen atoms in total. The molecule has 1 atom stereocenters. The third-order valence-corrected chi connectivity index (χ3v) is 3.93. The molecule has 0 saturated carbocycles. The third kappa shape index (κ3) is 3.08. The van der Waals surface area contributed by atoms with E-state index in [2.05, 4.69) is 35.8 Å². The Morgan fingerprint density at radius 3 is 3.05 bits per heavy atom. The molecule has 2 aromatic rings. The molecular weight excluding hydrogens is 274 g/mol. The Morgan fingerprint density at radius 1 is 1.50 bits per heavy atom. The van der Waals surface area contributed by atoms with Crippen LogP contribution in [0.4, 0.5) is 0 Å². The third-order valence-electron chi connectivity index (χ3n) is 3.25. The van der Waals surface area contributed by atoms with Gasteiger partial charge in [-0.1, -0.05) is 5.16 Å². The molecule has 0 N–H and O–H groups in total. The lowest BCUT2D eigenvalue weighted by Crippen LogP contribution is -2.51. The Balaban J connectivity index is 1.69. The van der Waals surface area contributed by atoms with E-state index in [1.807, 2.05) is 16.8 Å². The van der Waals surface area contributed by atoms with Crippen LogP contribution in [0.5, 0.6) is 0 Å². The van der Waals surface area contributed by atoms with Gasteiger partial charge < -0.3 is 9.26 Å². The number of nitrogens with zero attached hydrogens (tertiary/aromatic N) is 3. The molecule has 0 radical (unpaired) electrons. The molecule has 20 heavy (non-hydrogen) atoms. The highest BCUT2D eigenvalue weighted by molar-refractivity contribution is 7.08. The van der Waals surface area contributed by atoms with Crippen molar-refractivity contribution >= 4 is 11.3 Å². The molecule has 1 saturated heterocycles. The summed E-state index contributed by atoms with van der Waals surface area (Å²) in [7, 11) is 0. The van der Waals surface area contributed by atoms with Crippen molar-refractivity contribution in [3.8, 4) is 11.4 Å². The van der Waals surface area contributed by atoms with Crippen molar-refractivity contribution in [2.75, 3.05) is 13.1 Å². The smallest absolute Gasteiger partial charge is 0.241 e. The largest absolute Gasteiger partial charge is 0.370 e. The van der Waals surface area contributed by atoms with Crippen molar-refractivity contribution in [3.05, 3.63) is 22.7 Å². The van der Waals surface area contributed by atoms with Crippen LogP contribution in [-0.2, 0) is 11.3 Å². The van der Waals surface area contributed by atoms with Gasteiger partial charge in [-0.15, -0.1) is 0 Å². The topological polar surface area (TPSA) is 51.4 Å². The summed E-state index contributed by atoms with van der Waals surface area (Å²) in [6, 6.07) is 2.00. The minimum absolute atomic E-state index is 0.131. The van der Waals surface area contributed by atoms with Gasteiger partial charge in [-0.25, -0.2) is 0 Å². The highest BCUT2D eigenvalue weighted by Gasteiger charge is 2.32. The van der Waals surface area contributed by atoms with Gasteiger partial charge in [0.2, 0.25) is 11.7 Å². The van der Waals surface area contributed by atoms with Crippen LogP contribution in [0.1, 0.15) is 26.7 Å². The molecule has 0 unspecified atom stereocenters. The average molecular weight is 293 g/mol. The van der Waals surface area contributed by atoms with Crippen molar-refractivity contribution in [3.63, 3.8) is 0 Å². The molecule has 0 aliphatic carbocycles. The Morgan fingerprint density at radius 2 is 2.35 bits per heavy atom. The van der Waals surface area contributed by atoms with Gasteiger partial charge in [0, 0.05) is 24.0 Å². The van der Waals surface area contributed by atoms with Crippen LogP contribution in [-0.4, -0.2) is 39.8 Å². The molecule has 0 bridgehead atoms. The zero-order valence-corrected chi connectivity index (χ0v) is 12.8. The van der Waals surface area contributed by atoms with Gasteiger partial charge in [0.1, 0.15) is 0 Å². The van der Waals surface area contributed by atoms with Crippen LogP contribution in [0.2, 0.25) is 0 Å². The van der Waals surface area contributed by atoms with Crippen LogP contribution >= 0.6 is 11.3 Å². The van der Waals surface area contributed by atoms with Gasteiger partial charge in [0.05, 0.1) is 18.2 Å². The molecule has 1 aliphatic rings. The Kier molecular flexibility index (Phi) is 3.62. The first-order chi connectivity index (χ1) is 9.52. The van der Waals surface area contributed by atoms with Gasteiger partial charge >= 0.3 is 0 Å². The van der Waals surface area contributed by atoms with Gasteiger partial charge in [0.15, 0.2) is 0 Å². The molecule has 2 aromatic heterocycles. The molecule has 3 rings (SSSR count). The minimum atomic E-state index is -0.131. The summed E-state index contributed by atoms with van der Waals surface area (Å²) in [5.41, 5.74) is 0.883. The number of rotatable bonds is 3. The van der Waals surface area contributed by atoms with E-state index in [1.165, 1.54) is 0 Å². The maximum Gasteiger partial charge on any atom is 0.241 e. The summed E-state index contributed by atoms with van der Waals surface area (Å²) in [5, 5.41) is 8.08. The average Bonchev–Trinajstić information content (AvgIpc) is 2.94. The maximum absolute atomic E-state index is 5.90. The molecule has 1 fully saturated rings. The monoisotopic (exact) mass is 293 g/mol. The number of hydrogen-bond donors (Lipinski definition) is 0. The second kappa shape index (κ2) is 5.27. The maximum atomic E-state index is 5.90. The lowest BCUT2D eigenvalue weighted by Gasteiger charge is -2.41. The van der Waals surface area contributed by atoms with Crippen LogP contribution in [0.15, 0.2) is 21.3 Å². The molecule has 0 amide bonds. The van der Waals surface area contributed by atoms with E-state index in [1.54, 1.807) is 11.3 Å². The Hall–Kier alpha value is -1.24. The minimum Gasteiger partial charge on any atom is -0.370 e. The van der Waals surface area contributed by atoms with E-state index in [-0.39, 0.29) is 11.7 Å². The normalized spacial score (nSPS) is 23.1. The number of aromatic nitrogens is 2. The lowest BCUT2D eigenvalue weighted by molar-refractivity contribution is -0.132. The zero-order valence-electron chi connectivity index (χ0n) is 12.0. The van der Waals surface area contributed by atoms with Gasteiger partial charge in [0.25, 0.3) is 0 Å². The molecule has 3 heterocycles. The molecule has 108 valence electrons. The fourth-order valence-corrected chi connectivity index (χ4v) is 3.36. The standard InChI is InChI=1S/C14H19N3O2S/c1-10-6-17(9-14(2,3)18-10)7-12-15-13(16-19-12)11-4-5-20-8-11/h4-5,8,10H,6-7,9H2,1-3H3/t10-/m0/s1. The number of morpholine rings is 1. The Bertz CT molecular complexity index is 565. The summed E-state index contributed by atoms with van der Waals surface area (Å²) in [6.07, 6.45) is 0.220. The lowest BCUT2D eigenvalue weighted by atomic mass is 10.1. The fraction of sp³-hybridized carbons (Fsp3) is 0.571. The van der Waals surface area contributed by atoms with Crippen LogP contribution in [0.25, 0.3) is 11.4 Å². The predicted octanol–water partition coefficient (Wildman–Crippen LogP) is 2.80. The molecular formula is C14H19N3O2S. The van der Waals surface area contributed by atoms with Crippen molar-refractivity contribution in [1.82, 2.24) is 15.0 Å². The van der Waals surface area contributed by atoms with E-state index in [0.717, 1.165) is 18.7 Å². The van der Waals surface area contributed by atoms with Gasteiger partial charge in [-0.2, -0.15) is 16.3 Å². The summed E-state index contributed by atoms with van der Waals surface area (Å²) >= 11 is 1.63. The molecule has 1 aliphatic heterocycles. The summed E-state index contributed by atoms with van der Waals surface area (Å²) < 4.78 is 11.3. The number of hydrogen-bond acceptors (Lipinski definition) is 6. The van der Waals surface area contributed by atoms with E-state index in [4.69, 9.17) is 9.26 Å². The van der Waals surface area contributed by atoms with Crippen molar-refractivity contribution in [1.29, 1.82) is 0 Å². The fourth-order valence-electron chi connectivity index (χ4n) is 2.73. The highest BCUT2D eigenvalue weighted by atomic mass is 32.1.